The second kappa shape index (κ2) is 7.49. The summed E-state index contributed by atoms with van der Waals surface area (Å²) < 4.78 is 25.3. The smallest absolute Gasteiger partial charge is 0.256 e. The van der Waals surface area contributed by atoms with Crippen LogP contribution < -0.4 is 4.72 Å². The highest BCUT2D eigenvalue weighted by molar-refractivity contribution is 7.92. The van der Waals surface area contributed by atoms with Crippen molar-refractivity contribution in [3.63, 3.8) is 0 Å². The third-order valence-corrected chi connectivity index (χ3v) is 4.24. The van der Waals surface area contributed by atoms with E-state index in [1.807, 2.05) is 24.3 Å². The van der Waals surface area contributed by atoms with Gasteiger partial charge in [-0.05, 0) is 29.7 Å². The summed E-state index contributed by atoms with van der Waals surface area (Å²) in [5.74, 6) is -0.235. The molecular weight excluding hydrogens is 324 g/mol. The van der Waals surface area contributed by atoms with Gasteiger partial charge in [0.1, 0.15) is 0 Å². The number of anilines is 1. The van der Waals surface area contributed by atoms with Crippen LogP contribution in [0.1, 0.15) is 28.4 Å². The second-order valence-corrected chi connectivity index (χ2v) is 7.50. The predicted octanol–water partition coefficient (Wildman–Crippen LogP) is 2.89. The van der Waals surface area contributed by atoms with Crippen molar-refractivity contribution in [2.75, 3.05) is 18.0 Å². The molecule has 0 atom stereocenters. The number of carbonyl (C=O) groups excluding carboxylic acids is 1. The van der Waals surface area contributed by atoms with E-state index < -0.39 is 10.0 Å². The van der Waals surface area contributed by atoms with Gasteiger partial charge < -0.3 is 4.90 Å². The molecule has 0 aliphatic heterocycles. The first-order valence-corrected chi connectivity index (χ1v) is 9.59. The Bertz CT molecular complexity index is 814. The van der Waals surface area contributed by atoms with Crippen molar-refractivity contribution >= 4 is 21.6 Å². The van der Waals surface area contributed by atoms with E-state index in [1.165, 1.54) is 5.56 Å². The second-order valence-electron chi connectivity index (χ2n) is 5.75. The molecule has 24 heavy (non-hydrogen) atoms. The lowest BCUT2D eigenvalue weighted by atomic mass is 10.1. The van der Waals surface area contributed by atoms with Crippen molar-refractivity contribution in [2.45, 2.75) is 19.9 Å². The molecular formula is C18H22N2O3S. The Labute approximate surface area is 143 Å². The van der Waals surface area contributed by atoms with E-state index in [2.05, 4.69) is 11.6 Å². The van der Waals surface area contributed by atoms with Crippen LogP contribution in [0.5, 0.6) is 0 Å². The molecule has 0 aliphatic carbocycles. The Morgan fingerprint density at radius 3 is 2.21 bits per heavy atom. The van der Waals surface area contributed by atoms with Crippen molar-refractivity contribution in [3.05, 3.63) is 65.2 Å². The molecule has 2 aromatic carbocycles. The van der Waals surface area contributed by atoms with Crippen LogP contribution in [0.3, 0.4) is 0 Å². The number of hydrogen-bond acceptors (Lipinski definition) is 3. The van der Waals surface area contributed by atoms with Gasteiger partial charge in [-0.3, -0.25) is 9.52 Å². The van der Waals surface area contributed by atoms with Crippen LogP contribution in [0.4, 0.5) is 5.69 Å². The largest absolute Gasteiger partial charge is 0.337 e. The lowest BCUT2D eigenvalue weighted by Crippen LogP contribution is -2.27. The number of aryl methyl sites for hydroxylation is 1. The number of sulfonamides is 1. The summed E-state index contributed by atoms with van der Waals surface area (Å²) >= 11 is 0. The maximum absolute atomic E-state index is 12.7. The number of rotatable bonds is 6. The first-order valence-electron chi connectivity index (χ1n) is 7.70. The molecule has 1 N–H and O–H groups in total. The standard InChI is InChI=1S/C18H22N2O3S/c1-4-14-9-11-15(12-10-14)13-20(2)18(21)16-7-5-6-8-17(16)19-24(3,22)23/h5-12,19H,4,13H2,1-3H3. The number of amides is 1. The minimum absolute atomic E-state index is 0.235. The Balaban J connectivity index is 2.18. The number of hydrogen-bond donors (Lipinski definition) is 1. The molecule has 6 heteroatoms. The van der Waals surface area contributed by atoms with Gasteiger partial charge in [0, 0.05) is 13.6 Å². The number of nitrogens with zero attached hydrogens (tertiary/aromatic N) is 1. The van der Waals surface area contributed by atoms with Gasteiger partial charge >= 0.3 is 0 Å². The van der Waals surface area contributed by atoms with Crippen molar-refractivity contribution in [1.82, 2.24) is 4.90 Å². The maximum Gasteiger partial charge on any atom is 0.256 e. The normalized spacial score (nSPS) is 11.1. The SMILES string of the molecule is CCc1ccc(CN(C)C(=O)c2ccccc2NS(C)(=O)=O)cc1. The Kier molecular flexibility index (Phi) is 5.62. The zero-order valence-corrected chi connectivity index (χ0v) is 14.9. The zero-order chi connectivity index (χ0) is 17.7. The zero-order valence-electron chi connectivity index (χ0n) is 14.1. The van der Waals surface area contributed by atoms with E-state index in [0.717, 1.165) is 18.2 Å². The van der Waals surface area contributed by atoms with E-state index in [9.17, 15) is 13.2 Å². The predicted molar refractivity (Wildman–Crippen MR) is 96.5 cm³/mol. The van der Waals surface area contributed by atoms with Gasteiger partial charge in [-0.15, -0.1) is 0 Å². The molecule has 0 radical (unpaired) electrons. The van der Waals surface area contributed by atoms with Crippen LogP contribution in [-0.4, -0.2) is 32.5 Å². The van der Waals surface area contributed by atoms with E-state index in [-0.39, 0.29) is 11.6 Å². The molecule has 2 aromatic rings. The van der Waals surface area contributed by atoms with Crippen LogP contribution in [-0.2, 0) is 23.0 Å². The Morgan fingerprint density at radius 2 is 1.62 bits per heavy atom. The van der Waals surface area contributed by atoms with Crippen LogP contribution in [0.15, 0.2) is 48.5 Å². The van der Waals surface area contributed by atoms with Crippen molar-refractivity contribution in [2.24, 2.45) is 0 Å². The van der Waals surface area contributed by atoms with Gasteiger partial charge in [0.2, 0.25) is 10.0 Å². The van der Waals surface area contributed by atoms with Gasteiger partial charge in [-0.2, -0.15) is 0 Å². The number of carbonyl (C=O) groups is 1. The fourth-order valence-electron chi connectivity index (χ4n) is 2.39. The Hall–Kier alpha value is -2.34. The summed E-state index contributed by atoms with van der Waals surface area (Å²) in [4.78, 5) is 14.2. The number of para-hydroxylation sites is 1. The fourth-order valence-corrected chi connectivity index (χ4v) is 2.97. The van der Waals surface area contributed by atoms with Gasteiger partial charge in [-0.25, -0.2) is 8.42 Å². The van der Waals surface area contributed by atoms with E-state index in [1.54, 1.807) is 36.2 Å². The Morgan fingerprint density at radius 1 is 1.04 bits per heavy atom. The first-order chi connectivity index (χ1) is 11.3. The average molecular weight is 346 g/mol. The number of benzene rings is 2. The molecule has 0 aromatic heterocycles. The molecule has 128 valence electrons. The van der Waals surface area contributed by atoms with Crippen molar-refractivity contribution in [3.8, 4) is 0 Å². The van der Waals surface area contributed by atoms with Crippen LogP contribution in [0, 0.1) is 0 Å². The maximum atomic E-state index is 12.7. The topological polar surface area (TPSA) is 66.5 Å². The highest BCUT2D eigenvalue weighted by atomic mass is 32.2. The average Bonchev–Trinajstić information content (AvgIpc) is 2.54. The summed E-state index contributed by atoms with van der Waals surface area (Å²) in [6, 6.07) is 14.7. The lowest BCUT2D eigenvalue weighted by Gasteiger charge is -2.19. The van der Waals surface area contributed by atoms with Crippen molar-refractivity contribution in [1.29, 1.82) is 0 Å². The third kappa shape index (κ3) is 4.83. The molecule has 2 rings (SSSR count). The highest BCUT2D eigenvalue weighted by Gasteiger charge is 2.17. The summed E-state index contributed by atoms with van der Waals surface area (Å²) in [6.45, 7) is 2.55. The van der Waals surface area contributed by atoms with E-state index >= 15 is 0 Å². The molecule has 1 amide bonds. The van der Waals surface area contributed by atoms with Gasteiger partial charge in [0.15, 0.2) is 0 Å². The van der Waals surface area contributed by atoms with Gasteiger partial charge in [0.05, 0.1) is 17.5 Å². The summed E-state index contributed by atoms with van der Waals surface area (Å²) in [7, 11) is -1.74. The third-order valence-electron chi connectivity index (χ3n) is 3.65. The minimum atomic E-state index is -3.45. The molecule has 0 unspecified atom stereocenters. The van der Waals surface area contributed by atoms with E-state index in [4.69, 9.17) is 0 Å². The minimum Gasteiger partial charge on any atom is -0.337 e. The molecule has 0 aliphatic rings. The molecule has 0 saturated heterocycles. The molecule has 0 saturated carbocycles. The lowest BCUT2D eigenvalue weighted by molar-refractivity contribution is 0.0786. The number of nitrogens with one attached hydrogen (secondary N) is 1. The monoisotopic (exact) mass is 346 g/mol. The molecule has 5 nitrogen and oxygen atoms in total. The van der Waals surface area contributed by atoms with Crippen molar-refractivity contribution < 1.29 is 13.2 Å². The highest BCUT2D eigenvalue weighted by Crippen LogP contribution is 2.19. The molecule has 0 bridgehead atoms. The van der Waals surface area contributed by atoms with Crippen LogP contribution in [0.2, 0.25) is 0 Å². The summed E-state index contributed by atoms with van der Waals surface area (Å²) in [5.41, 5.74) is 2.89. The first kappa shape index (κ1) is 18.0. The fraction of sp³-hybridized carbons (Fsp3) is 0.278. The summed E-state index contributed by atoms with van der Waals surface area (Å²) in [6.07, 6.45) is 2.03. The van der Waals surface area contributed by atoms with Gasteiger partial charge in [0.25, 0.3) is 5.91 Å². The molecule has 0 spiro atoms. The molecule has 0 heterocycles. The molecule has 0 fully saturated rings. The quantitative estimate of drug-likeness (QED) is 0.874. The van der Waals surface area contributed by atoms with Crippen LogP contribution in [0.25, 0.3) is 0 Å². The van der Waals surface area contributed by atoms with Crippen LogP contribution >= 0.6 is 0 Å². The van der Waals surface area contributed by atoms with Gasteiger partial charge in [-0.1, -0.05) is 43.3 Å². The van der Waals surface area contributed by atoms with E-state index in [0.29, 0.717) is 12.1 Å². The summed E-state index contributed by atoms with van der Waals surface area (Å²) in [5, 5.41) is 0.